The Morgan fingerprint density at radius 1 is 1.26 bits per heavy atom. The van der Waals surface area contributed by atoms with Gasteiger partial charge in [0, 0.05) is 18.2 Å². The SMILES string of the molecule is Cc1cccc(C(=N)N)c1N1CCC2CCCCC21. The molecule has 102 valence electrons. The van der Waals surface area contributed by atoms with E-state index in [4.69, 9.17) is 11.1 Å². The Morgan fingerprint density at radius 2 is 2.05 bits per heavy atom. The van der Waals surface area contributed by atoms with E-state index >= 15 is 0 Å². The molecule has 0 aromatic heterocycles. The second-order valence-electron chi connectivity index (χ2n) is 5.98. The standard InChI is InChI=1S/C16H23N3/c1-11-5-4-7-13(16(17)18)15(11)19-10-9-12-6-2-3-8-14(12)19/h4-5,7,12,14H,2-3,6,8-10H2,1H3,(H3,17,18). The van der Waals surface area contributed by atoms with Crippen molar-refractivity contribution in [3.8, 4) is 0 Å². The Bertz CT molecular complexity index is 495. The molecule has 3 heteroatoms. The van der Waals surface area contributed by atoms with Crippen LogP contribution in [0.15, 0.2) is 18.2 Å². The predicted octanol–water partition coefficient (Wildman–Crippen LogP) is 3.05. The molecule has 2 atom stereocenters. The first-order chi connectivity index (χ1) is 9.18. The number of fused-ring (bicyclic) bond motifs is 1. The molecule has 0 amide bonds. The fourth-order valence-electron chi connectivity index (χ4n) is 3.94. The minimum atomic E-state index is 0.193. The van der Waals surface area contributed by atoms with Crippen LogP contribution >= 0.6 is 0 Å². The van der Waals surface area contributed by atoms with Gasteiger partial charge in [-0.1, -0.05) is 25.0 Å². The molecule has 1 aromatic carbocycles. The Labute approximate surface area is 115 Å². The number of rotatable bonds is 2. The molecular formula is C16H23N3. The van der Waals surface area contributed by atoms with Crippen LogP contribution in [-0.2, 0) is 0 Å². The van der Waals surface area contributed by atoms with Crippen molar-refractivity contribution in [3.63, 3.8) is 0 Å². The normalized spacial score (nSPS) is 26.3. The van der Waals surface area contributed by atoms with E-state index in [1.165, 1.54) is 43.4 Å². The molecular weight excluding hydrogens is 234 g/mol. The summed E-state index contributed by atoms with van der Waals surface area (Å²) in [6, 6.07) is 6.80. The molecule has 0 radical (unpaired) electrons. The number of nitrogens with zero attached hydrogens (tertiary/aromatic N) is 1. The highest BCUT2D eigenvalue weighted by molar-refractivity contribution is 6.01. The van der Waals surface area contributed by atoms with E-state index < -0.39 is 0 Å². The lowest BCUT2D eigenvalue weighted by molar-refractivity contribution is 0.342. The van der Waals surface area contributed by atoms with Gasteiger partial charge in [-0.25, -0.2) is 0 Å². The van der Waals surface area contributed by atoms with Crippen LogP contribution in [0.2, 0.25) is 0 Å². The molecule has 3 nitrogen and oxygen atoms in total. The lowest BCUT2D eigenvalue weighted by Crippen LogP contribution is -2.36. The molecule has 1 aliphatic carbocycles. The van der Waals surface area contributed by atoms with Crippen molar-refractivity contribution in [2.24, 2.45) is 11.7 Å². The van der Waals surface area contributed by atoms with Crippen molar-refractivity contribution in [3.05, 3.63) is 29.3 Å². The van der Waals surface area contributed by atoms with E-state index in [1.54, 1.807) is 0 Å². The molecule has 1 saturated heterocycles. The highest BCUT2D eigenvalue weighted by Crippen LogP contribution is 2.40. The summed E-state index contributed by atoms with van der Waals surface area (Å²) >= 11 is 0. The average molecular weight is 257 g/mol. The molecule has 2 fully saturated rings. The average Bonchev–Trinajstić information content (AvgIpc) is 2.82. The van der Waals surface area contributed by atoms with Gasteiger partial charge in [-0.05, 0) is 43.7 Å². The third-order valence-corrected chi connectivity index (χ3v) is 4.83. The number of amidine groups is 1. The zero-order valence-electron chi connectivity index (χ0n) is 11.7. The predicted molar refractivity (Wildman–Crippen MR) is 79.9 cm³/mol. The maximum Gasteiger partial charge on any atom is 0.124 e. The highest BCUT2D eigenvalue weighted by Gasteiger charge is 2.37. The van der Waals surface area contributed by atoms with Gasteiger partial charge in [0.2, 0.25) is 0 Å². The quantitative estimate of drug-likeness (QED) is 0.632. The number of hydrogen-bond donors (Lipinski definition) is 2. The molecule has 0 spiro atoms. The van der Waals surface area contributed by atoms with E-state index in [2.05, 4.69) is 17.9 Å². The summed E-state index contributed by atoms with van der Waals surface area (Å²) in [5, 5.41) is 7.82. The van der Waals surface area contributed by atoms with E-state index in [1.807, 2.05) is 12.1 Å². The molecule has 3 N–H and O–H groups in total. The fourth-order valence-corrected chi connectivity index (χ4v) is 3.94. The zero-order valence-corrected chi connectivity index (χ0v) is 11.7. The van der Waals surface area contributed by atoms with Gasteiger partial charge < -0.3 is 10.6 Å². The second kappa shape index (κ2) is 4.87. The number of nitrogen functional groups attached to an aromatic ring is 1. The van der Waals surface area contributed by atoms with E-state index in [-0.39, 0.29) is 5.84 Å². The largest absolute Gasteiger partial charge is 0.384 e. The summed E-state index contributed by atoms with van der Waals surface area (Å²) in [4.78, 5) is 2.54. The van der Waals surface area contributed by atoms with Gasteiger partial charge in [-0.15, -0.1) is 0 Å². The molecule has 1 heterocycles. The van der Waals surface area contributed by atoms with Gasteiger partial charge in [-0.3, -0.25) is 5.41 Å². The smallest absolute Gasteiger partial charge is 0.124 e. The minimum Gasteiger partial charge on any atom is -0.384 e. The molecule has 2 unspecified atom stereocenters. The Balaban J connectivity index is 2.00. The fraction of sp³-hybridized carbons (Fsp3) is 0.562. The van der Waals surface area contributed by atoms with Crippen LogP contribution in [0, 0.1) is 18.3 Å². The van der Waals surface area contributed by atoms with Crippen molar-refractivity contribution in [1.82, 2.24) is 0 Å². The summed E-state index contributed by atoms with van der Waals surface area (Å²) in [6.07, 6.45) is 6.72. The third-order valence-electron chi connectivity index (χ3n) is 4.83. The number of nitrogens with two attached hydrogens (primary N) is 1. The molecule has 0 bridgehead atoms. The molecule has 1 aromatic rings. The van der Waals surface area contributed by atoms with Crippen LogP contribution in [0.3, 0.4) is 0 Å². The van der Waals surface area contributed by atoms with Crippen molar-refractivity contribution in [2.45, 2.75) is 45.1 Å². The minimum absolute atomic E-state index is 0.193. The summed E-state index contributed by atoms with van der Waals surface area (Å²) in [6.45, 7) is 3.26. The maximum absolute atomic E-state index is 7.82. The molecule has 19 heavy (non-hydrogen) atoms. The van der Waals surface area contributed by atoms with Gasteiger partial charge >= 0.3 is 0 Å². The van der Waals surface area contributed by atoms with Crippen molar-refractivity contribution in [2.75, 3.05) is 11.4 Å². The third kappa shape index (κ3) is 2.11. The van der Waals surface area contributed by atoms with Gasteiger partial charge in [-0.2, -0.15) is 0 Å². The van der Waals surface area contributed by atoms with Gasteiger partial charge in [0.1, 0.15) is 5.84 Å². The molecule has 1 saturated carbocycles. The van der Waals surface area contributed by atoms with E-state index in [0.717, 1.165) is 18.0 Å². The first kappa shape index (κ1) is 12.5. The monoisotopic (exact) mass is 257 g/mol. The van der Waals surface area contributed by atoms with Crippen LogP contribution in [0.4, 0.5) is 5.69 Å². The number of nitrogens with one attached hydrogen (secondary N) is 1. The number of anilines is 1. The number of para-hydroxylation sites is 1. The molecule has 2 aliphatic rings. The van der Waals surface area contributed by atoms with Crippen molar-refractivity contribution < 1.29 is 0 Å². The summed E-state index contributed by atoms with van der Waals surface area (Å²) in [7, 11) is 0. The highest BCUT2D eigenvalue weighted by atomic mass is 15.2. The van der Waals surface area contributed by atoms with Crippen molar-refractivity contribution >= 4 is 11.5 Å². The summed E-state index contributed by atoms with van der Waals surface area (Å²) in [5.74, 6) is 1.05. The Morgan fingerprint density at radius 3 is 2.84 bits per heavy atom. The topological polar surface area (TPSA) is 53.1 Å². The molecule has 3 rings (SSSR count). The van der Waals surface area contributed by atoms with Gasteiger partial charge in [0.05, 0.1) is 5.69 Å². The number of aryl methyl sites for hydroxylation is 1. The number of hydrogen-bond acceptors (Lipinski definition) is 2. The zero-order chi connectivity index (χ0) is 13.4. The second-order valence-corrected chi connectivity index (χ2v) is 5.98. The van der Waals surface area contributed by atoms with Crippen LogP contribution in [0.5, 0.6) is 0 Å². The Hall–Kier alpha value is -1.51. The van der Waals surface area contributed by atoms with Crippen LogP contribution in [0.25, 0.3) is 0 Å². The molecule has 1 aliphatic heterocycles. The first-order valence-electron chi connectivity index (χ1n) is 7.39. The van der Waals surface area contributed by atoms with Gasteiger partial charge in [0.25, 0.3) is 0 Å². The summed E-state index contributed by atoms with van der Waals surface area (Å²) < 4.78 is 0. The van der Waals surface area contributed by atoms with E-state index in [9.17, 15) is 0 Å². The van der Waals surface area contributed by atoms with Crippen LogP contribution in [-0.4, -0.2) is 18.4 Å². The summed E-state index contributed by atoms with van der Waals surface area (Å²) in [5.41, 5.74) is 9.15. The van der Waals surface area contributed by atoms with E-state index in [0.29, 0.717) is 6.04 Å². The maximum atomic E-state index is 7.82. The van der Waals surface area contributed by atoms with Crippen LogP contribution < -0.4 is 10.6 Å². The van der Waals surface area contributed by atoms with Gasteiger partial charge in [0.15, 0.2) is 0 Å². The van der Waals surface area contributed by atoms with Crippen molar-refractivity contribution in [1.29, 1.82) is 5.41 Å². The lowest BCUT2D eigenvalue weighted by atomic mass is 9.85. The first-order valence-corrected chi connectivity index (χ1v) is 7.39. The van der Waals surface area contributed by atoms with Crippen LogP contribution in [0.1, 0.15) is 43.2 Å². The number of benzene rings is 1. The Kier molecular flexibility index (Phi) is 3.21. The lowest BCUT2D eigenvalue weighted by Gasteiger charge is -2.35.